The first-order valence-electron chi connectivity index (χ1n) is 6.34. The predicted molar refractivity (Wildman–Crippen MR) is 73.9 cm³/mol. The molecule has 0 saturated carbocycles. The molecule has 1 saturated heterocycles. The molecular formula is C12H19NO4S2. The molecule has 0 radical (unpaired) electrons. The zero-order valence-corrected chi connectivity index (χ0v) is 12.5. The topological polar surface area (TPSA) is 75.6 Å². The van der Waals surface area contributed by atoms with Gasteiger partial charge in [0.05, 0.1) is 5.60 Å². The van der Waals surface area contributed by atoms with Crippen LogP contribution < -0.4 is 4.72 Å². The first kappa shape index (κ1) is 14.9. The van der Waals surface area contributed by atoms with E-state index in [0.29, 0.717) is 30.3 Å². The van der Waals surface area contributed by atoms with Crippen LogP contribution in [0.3, 0.4) is 0 Å². The minimum atomic E-state index is -3.52. The molecule has 0 bridgehead atoms. The number of thiophene rings is 1. The largest absolute Gasteiger partial charge is 0.388 e. The summed E-state index contributed by atoms with van der Waals surface area (Å²) in [5.41, 5.74) is -0.990. The fourth-order valence-corrected chi connectivity index (χ4v) is 4.38. The average Bonchev–Trinajstić information content (AvgIpc) is 2.87. The number of ether oxygens (including phenoxy) is 1. The Balaban J connectivity index is 2.01. The van der Waals surface area contributed by atoms with E-state index >= 15 is 0 Å². The van der Waals surface area contributed by atoms with Gasteiger partial charge in [0.1, 0.15) is 4.21 Å². The van der Waals surface area contributed by atoms with Crippen LogP contribution in [-0.2, 0) is 21.2 Å². The Morgan fingerprint density at radius 1 is 1.42 bits per heavy atom. The SMILES string of the molecule is CCc1ccc(S(=O)(=O)NCC2(O)CCOCC2)s1. The van der Waals surface area contributed by atoms with E-state index in [1.165, 1.54) is 11.3 Å². The van der Waals surface area contributed by atoms with Crippen molar-refractivity contribution in [3.05, 3.63) is 17.0 Å². The van der Waals surface area contributed by atoms with Crippen LogP contribution in [0.15, 0.2) is 16.3 Å². The van der Waals surface area contributed by atoms with Gasteiger partial charge in [-0.05, 0) is 18.6 Å². The lowest BCUT2D eigenvalue weighted by atomic mass is 9.95. The lowest BCUT2D eigenvalue weighted by Gasteiger charge is -2.31. The van der Waals surface area contributed by atoms with Crippen LogP contribution in [0.1, 0.15) is 24.6 Å². The molecule has 19 heavy (non-hydrogen) atoms. The third kappa shape index (κ3) is 3.76. The van der Waals surface area contributed by atoms with Gasteiger partial charge in [-0.1, -0.05) is 6.92 Å². The van der Waals surface area contributed by atoms with Crippen molar-refractivity contribution in [1.29, 1.82) is 0 Å². The van der Waals surface area contributed by atoms with Crippen molar-refractivity contribution in [1.82, 2.24) is 4.72 Å². The van der Waals surface area contributed by atoms with E-state index in [2.05, 4.69) is 4.72 Å². The van der Waals surface area contributed by atoms with Crippen LogP contribution in [0.2, 0.25) is 0 Å². The van der Waals surface area contributed by atoms with Crippen molar-refractivity contribution >= 4 is 21.4 Å². The van der Waals surface area contributed by atoms with Gasteiger partial charge < -0.3 is 9.84 Å². The number of rotatable bonds is 5. The number of nitrogens with one attached hydrogen (secondary N) is 1. The summed E-state index contributed by atoms with van der Waals surface area (Å²) < 4.78 is 32.2. The molecule has 0 amide bonds. The van der Waals surface area contributed by atoms with Crippen molar-refractivity contribution in [3.63, 3.8) is 0 Å². The molecule has 0 aromatic carbocycles. The Morgan fingerprint density at radius 2 is 2.11 bits per heavy atom. The van der Waals surface area contributed by atoms with Crippen LogP contribution in [0.4, 0.5) is 0 Å². The Hall–Kier alpha value is -0.470. The lowest BCUT2D eigenvalue weighted by Crippen LogP contribution is -2.46. The second-order valence-corrected chi connectivity index (χ2v) is 7.90. The Labute approximate surface area is 117 Å². The van der Waals surface area contributed by atoms with Crippen LogP contribution in [-0.4, -0.2) is 38.9 Å². The van der Waals surface area contributed by atoms with Gasteiger partial charge in [0.25, 0.3) is 0 Å². The van der Waals surface area contributed by atoms with Crippen molar-refractivity contribution < 1.29 is 18.3 Å². The van der Waals surface area contributed by atoms with Crippen LogP contribution in [0.5, 0.6) is 0 Å². The zero-order chi connectivity index (χ0) is 13.9. The molecule has 5 nitrogen and oxygen atoms in total. The first-order chi connectivity index (χ1) is 8.95. The molecule has 108 valence electrons. The molecule has 7 heteroatoms. The molecule has 0 spiro atoms. The van der Waals surface area contributed by atoms with Crippen molar-refractivity contribution in [2.24, 2.45) is 0 Å². The molecule has 2 rings (SSSR count). The van der Waals surface area contributed by atoms with Crippen molar-refractivity contribution in [3.8, 4) is 0 Å². The van der Waals surface area contributed by atoms with Crippen LogP contribution >= 0.6 is 11.3 Å². The number of hydrogen-bond acceptors (Lipinski definition) is 5. The fraction of sp³-hybridized carbons (Fsp3) is 0.667. The van der Waals surface area contributed by atoms with Crippen molar-refractivity contribution in [2.75, 3.05) is 19.8 Å². The molecule has 1 aromatic rings. The first-order valence-corrected chi connectivity index (χ1v) is 8.64. The van der Waals surface area contributed by atoms with Gasteiger partial charge in [-0.2, -0.15) is 0 Å². The van der Waals surface area contributed by atoms with E-state index in [-0.39, 0.29) is 6.54 Å². The van der Waals surface area contributed by atoms with E-state index in [4.69, 9.17) is 4.74 Å². The van der Waals surface area contributed by atoms with Crippen LogP contribution in [0, 0.1) is 0 Å². The molecule has 0 atom stereocenters. The maximum atomic E-state index is 12.1. The second-order valence-electron chi connectivity index (χ2n) is 4.74. The maximum absolute atomic E-state index is 12.1. The van der Waals surface area contributed by atoms with Gasteiger partial charge in [0.2, 0.25) is 10.0 Å². The summed E-state index contributed by atoms with van der Waals surface area (Å²) in [6.07, 6.45) is 1.74. The standard InChI is InChI=1S/C12H19NO4S2/c1-2-10-3-4-11(18-10)19(15,16)13-9-12(14)5-7-17-8-6-12/h3-4,13-14H,2,5-9H2,1H3. The normalized spacial score (nSPS) is 19.5. The van der Waals surface area contributed by atoms with Gasteiger partial charge in [-0.3, -0.25) is 0 Å². The summed E-state index contributed by atoms with van der Waals surface area (Å²) in [6.45, 7) is 2.97. The number of hydrogen-bond donors (Lipinski definition) is 2. The predicted octanol–water partition coefficient (Wildman–Crippen LogP) is 1.13. The highest BCUT2D eigenvalue weighted by atomic mass is 32.2. The fourth-order valence-electron chi connectivity index (χ4n) is 1.92. The lowest BCUT2D eigenvalue weighted by molar-refractivity contribution is -0.0588. The minimum Gasteiger partial charge on any atom is -0.388 e. The second kappa shape index (κ2) is 5.88. The highest BCUT2D eigenvalue weighted by Crippen LogP contribution is 2.24. The minimum absolute atomic E-state index is 0.0397. The third-order valence-electron chi connectivity index (χ3n) is 3.27. The highest BCUT2D eigenvalue weighted by Gasteiger charge is 2.31. The zero-order valence-electron chi connectivity index (χ0n) is 10.9. The quantitative estimate of drug-likeness (QED) is 0.855. The van der Waals surface area contributed by atoms with Crippen LogP contribution in [0.25, 0.3) is 0 Å². The molecule has 1 aromatic heterocycles. The Kier molecular flexibility index (Phi) is 4.62. The summed E-state index contributed by atoms with van der Waals surface area (Å²) in [7, 11) is -3.52. The monoisotopic (exact) mass is 305 g/mol. The van der Waals surface area contributed by atoms with E-state index < -0.39 is 15.6 Å². The number of sulfonamides is 1. The van der Waals surface area contributed by atoms with Gasteiger partial charge >= 0.3 is 0 Å². The molecule has 0 aliphatic carbocycles. The van der Waals surface area contributed by atoms with E-state index in [0.717, 1.165) is 11.3 Å². The Bertz CT molecular complexity index is 518. The summed E-state index contributed by atoms with van der Waals surface area (Å²) in [5, 5.41) is 10.2. The molecule has 0 unspecified atom stereocenters. The summed E-state index contributed by atoms with van der Waals surface area (Å²) in [4.78, 5) is 1.03. The number of aliphatic hydroxyl groups is 1. The summed E-state index contributed by atoms with van der Waals surface area (Å²) in [5.74, 6) is 0. The smallest absolute Gasteiger partial charge is 0.250 e. The maximum Gasteiger partial charge on any atom is 0.250 e. The van der Waals surface area contributed by atoms with Crippen molar-refractivity contribution in [2.45, 2.75) is 36.0 Å². The molecule has 2 N–H and O–H groups in total. The van der Waals surface area contributed by atoms with Gasteiger partial charge in [-0.15, -0.1) is 11.3 Å². The highest BCUT2D eigenvalue weighted by molar-refractivity contribution is 7.91. The molecule has 1 aliphatic rings. The molecule has 1 fully saturated rings. The molecule has 2 heterocycles. The average molecular weight is 305 g/mol. The molecule has 1 aliphatic heterocycles. The summed E-state index contributed by atoms with van der Waals surface area (Å²) >= 11 is 1.27. The number of aryl methyl sites for hydroxylation is 1. The van der Waals surface area contributed by atoms with E-state index in [9.17, 15) is 13.5 Å². The molecular weight excluding hydrogens is 286 g/mol. The Morgan fingerprint density at radius 3 is 2.68 bits per heavy atom. The summed E-state index contributed by atoms with van der Waals surface area (Å²) in [6, 6.07) is 3.43. The van der Waals surface area contributed by atoms with E-state index in [1.807, 2.05) is 13.0 Å². The van der Waals surface area contributed by atoms with Gasteiger partial charge in [0.15, 0.2) is 0 Å². The van der Waals surface area contributed by atoms with E-state index in [1.54, 1.807) is 6.07 Å². The van der Waals surface area contributed by atoms with Gasteiger partial charge in [0, 0.05) is 37.5 Å². The van der Waals surface area contributed by atoms with Gasteiger partial charge in [-0.25, -0.2) is 13.1 Å². The third-order valence-corrected chi connectivity index (χ3v) is 6.39.